The summed E-state index contributed by atoms with van der Waals surface area (Å²) in [6, 6.07) is 10.6. The molecule has 0 aliphatic heterocycles. The van der Waals surface area contributed by atoms with Crippen LogP contribution in [0.25, 0.3) is 0 Å². The zero-order valence-corrected chi connectivity index (χ0v) is 18.4. The highest BCUT2D eigenvalue weighted by Gasteiger charge is 2.17. The molecule has 1 amide bonds. The lowest BCUT2D eigenvalue weighted by Gasteiger charge is -2.20. The van der Waals surface area contributed by atoms with Gasteiger partial charge >= 0.3 is 0 Å². The minimum absolute atomic E-state index is 0.107. The molecular weight excluding hydrogens is 420 g/mol. The van der Waals surface area contributed by atoms with Gasteiger partial charge in [0.05, 0.1) is 5.69 Å². The highest BCUT2D eigenvalue weighted by Crippen LogP contribution is 2.28. The van der Waals surface area contributed by atoms with Crippen LogP contribution in [-0.2, 0) is 4.79 Å². The van der Waals surface area contributed by atoms with Gasteiger partial charge in [0, 0.05) is 43.3 Å². The monoisotopic (exact) mass is 448 g/mol. The number of ketones is 1. The maximum absolute atomic E-state index is 12.5. The van der Waals surface area contributed by atoms with Crippen LogP contribution in [0.3, 0.4) is 0 Å². The first kappa shape index (κ1) is 23.9. The molecule has 2 heterocycles. The number of benzene rings is 1. The van der Waals surface area contributed by atoms with E-state index in [9.17, 15) is 9.59 Å². The van der Waals surface area contributed by atoms with Crippen LogP contribution in [0.15, 0.2) is 61.2 Å². The SMILES string of the molecule is O=C(CO)CCCCCCCNC(=O)c1ccc(N(c2ncccn2)c2ncccn2)cc1. The number of aromatic nitrogens is 4. The molecule has 0 spiro atoms. The van der Waals surface area contributed by atoms with Crippen molar-refractivity contribution in [2.75, 3.05) is 18.1 Å². The topological polar surface area (TPSA) is 121 Å². The third kappa shape index (κ3) is 7.43. The number of unbranched alkanes of at least 4 members (excludes halogenated alkanes) is 4. The molecule has 3 rings (SSSR count). The average molecular weight is 449 g/mol. The normalized spacial score (nSPS) is 10.6. The van der Waals surface area contributed by atoms with E-state index in [1.54, 1.807) is 54.0 Å². The van der Waals surface area contributed by atoms with E-state index < -0.39 is 0 Å². The molecule has 1 aromatic carbocycles. The van der Waals surface area contributed by atoms with E-state index in [0.717, 1.165) is 37.8 Å². The van der Waals surface area contributed by atoms with Crippen LogP contribution < -0.4 is 10.2 Å². The van der Waals surface area contributed by atoms with E-state index >= 15 is 0 Å². The zero-order valence-electron chi connectivity index (χ0n) is 18.4. The minimum atomic E-state index is -0.370. The van der Waals surface area contributed by atoms with Crippen molar-refractivity contribution < 1.29 is 14.7 Å². The first-order chi connectivity index (χ1) is 16.2. The Hall–Kier alpha value is -3.72. The molecule has 0 radical (unpaired) electrons. The van der Waals surface area contributed by atoms with Crippen molar-refractivity contribution in [3.63, 3.8) is 0 Å². The number of hydrogen-bond acceptors (Lipinski definition) is 8. The summed E-state index contributed by atoms with van der Waals surface area (Å²) in [5.41, 5.74) is 1.30. The number of amides is 1. The van der Waals surface area contributed by atoms with Gasteiger partial charge in [-0.1, -0.05) is 19.3 Å². The van der Waals surface area contributed by atoms with E-state index in [4.69, 9.17) is 5.11 Å². The van der Waals surface area contributed by atoms with Crippen LogP contribution in [0, 0.1) is 0 Å². The molecule has 3 aromatic rings. The summed E-state index contributed by atoms with van der Waals surface area (Å²) < 4.78 is 0. The Morgan fingerprint density at radius 1 is 0.788 bits per heavy atom. The summed E-state index contributed by atoms with van der Waals surface area (Å²) in [6.45, 7) is 0.225. The predicted molar refractivity (Wildman–Crippen MR) is 124 cm³/mol. The lowest BCUT2D eigenvalue weighted by atomic mass is 10.1. The van der Waals surface area contributed by atoms with Crippen molar-refractivity contribution in [3.8, 4) is 0 Å². The van der Waals surface area contributed by atoms with Gasteiger partial charge in [-0.05, 0) is 49.2 Å². The number of anilines is 3. The standard InChI is InChI=1S/C24H28N6O3/c31-18-21(32)8-4-2-1-3-5-13-25-22(33)19-9-11-20(12-10-19)30(23-26-14-6-15-27-23)24-28-16-7-17-29-24/h6-7,9-12,14-17,31H,1-5,8,13,18H2,(H,25,33). The molecule has 0 saturated heterocycles. The molecule has 33 heavy (non-hydrogen) atoms. The second kappa shape index (κ2) is 13.0. The lowest BCUT2D eigenvalue weighted by molar-refractivity contribution is -0.121. The number of nitrogens with one attached hydrogen (secondary N) is 1. The summed E-state index contributed by atoms with van der Waals surface area (Å²) in [7, 11) is 0. The Kier molecular flexibility index (Phi) is 9.41. The lowest BCUT2D eigenvalue weighted by Crippen LogP contribution is -2.24. The smallest absolute Gasteiger partial charge is 0.251 e. The summed E-state index contributed by atoms with van der Waals surface area (Å²) in [5.74, 6) is 0.626. The predicted octanol–water partition coefficient (Wildman–Crippen LogP) is 3.37. The molecule has 9 heteroatoms. The van der Waals surface area contributed by atoms with Crippen molar-refractivity contribution in [1.82, 2.24) is 25.3 Å². The molecular formula is C24H28N6O3. The molecule has 0 bridgehead atoms. The van der Waals surface area contributed by atoms with Gasteiger partial charge in [-0.15, -0.1) is 0 Å². The van der Waals surface area contributed by atoms with Gasteiger partial charge < -0.3 is 10.4 Å². The molecule has 0 aliphatic rings. The average Bonchev–Trinajstić information content (AvgIpc) is 2.87. The first-order valence-corrected chi connectivity index (χ1v) is 11.0. The van der Waals surface area contributed by atoms with Crippen molar-refractivity contribution in [3.05, 3.63) is 66.7 Å². The van der Waals surface area contributed by atoms with E-state index in [1.807, 2.05) is 12.1 Å². The first-order valence-electron chi connectivity index (χ1n) is 11.0. The molecule has 9 nitrogen and oxygen atoms in total. The number of carbonyl (C=O) groups excluding carboxylic acids is 2. The van der Waals surface area contributed by atoms with Gasteiger partial charge in [0.25, 0.3) is 5.91 Å². The van der Waals surface area contributed by atoms with Crippen LogP contribution in [-0.4, -0.2) is 49.9 Å². The number of aliphatic hydroxyl groups is 1. The molecule has 0 aliphatic carbocycles. The highest BCUT2D eigenvalue weighted by atomic mass is 16.3. The minimum Gasteiger partial charge on any atom is -0.389 e. The fraction of sp³-hybridized carbons (Fsp3) is 0.333. The Morgan fingerprint density at radius 2 is 1.33 bits per heavy atom. The van der Waals surface area contributed by atoms with Gasteiger partial charge in [-0.3, -0.25) is 9.59 Å². The van der Waals surface area contributed by atoms with E-state index in [-0.39, 0.29) is 18.3 Å². The number of carbonyl (C=O) groups is 2. The van der Waals surface area contributed by atoms with Crippen LogP contribution in [0.1, 0.15) is 48.9 Å². The number of aliphatic hydroxyl groups excluding tert-OH is 1. The molecule has 0 saturated carbocycles. The number of rotatable bonds is 13. The van der Waals surface area contributed by atoms with Gasteiger partial charge in [-0.25, -0.2) is 24.8 Å². The third-order valence-corrected chi connectivity index (χ3v) is 4.99. The number of hydrogen-bond donors (Lipinski definition) is 2. The van der Waals surface area contributed by atoms with Crippen LogP contribution in [0.5, 0.6) is 0 Å². The molecule has 0 unspecified atom stereocenters. The van der Waals surface area contributed by atoms with Crippen molar-refractivity contribution >= 4 is 29.3 Å². The van der Waals surface area contributed by atoms with Crippen LogP contribution in [0.2, 0.25) is 0 Å². The quantitative estimate of drug-likeness (QED) is 0.382. The number of nitrogens with zero attached hydrogens (tertiary/aromatic N) is 5. The maximum Gasteiger partial charge on any atom is 0.251 e. The van der Waals surface area contributed by atoms with Crippen molar-refractivity contribution in [1.29, 1.82) is 0 Å². The molecule has 0 fully saturated rings. The van der Waals surface area contributed by atoms with Crippen LogP contribution >= 0.6 is 0 Å². The Morgan fingerprint density at radius 3 is 1.91 bits per heavy atom. The van der Waals surface area contributed by atoms with E-state index in [1.165, 1.54) is 0 Å². The molecule has 172 valence electrons. The maximum atomic E-state index is 12.5. The third-order valence-electron chi connectivity index (χ3n) is 4.99. The summed E-state index contributed by atoms with van der Waals surface area (Å²) in [5, 5.41) is 11.6. The molecule has 0 atom stereocenters. The van der Waals surface area contributed by atoms with Gasteiger partial charge in [-0.2, -0.15) is 0 Å². The fourth-order valence-electron chi connectivity index (χ4n) is 3.26. The van der Waals surface area contributed by atoms with Gasteiger partial charge in [0.15, 0.2) is 5.78 Å². The Bertz CT molecular complexity index is 960. The van der Waals surface area contributed by atoms with Crippen molar-refractivity contribution in [2.45, 2.75) is 38.5 Å². The largest absolute Gasteiger partial charge is 0.389 e. The number of Topliss-reactive ketones (excluding diaryl/α,β-unsaturated/α-hetero) is 1. The van der Waals surface area contributed by atoms with E-state index in [2.05, 4.69) is 25.3 Å². The van der Waals surface area contributed by atoms with Gasteiger partial charge in [0.1, 0.15) is 6.61 Å². The van der Waals surface area contributed by atoms with Crippen LogP contribution in [0.4, 0.5) is 17.6 Å². The Labute approximate surface area is 193 Å². The summed E-state index contributed by atoms with van der Waals surface area (Å²) in [6.07, 6.45) is 11.6. The summed E-state index contributed by atoms with van der Waals surface area (Å²) >= 11 is 0. The van der Waals surface area contributed by atoms with E-state index in [0.29, 0.717) is 30.4 Å². The second-order valence-corrected chi connectivity index (χ2v) is 7.45. The van der Waals surface area contributed by atoms with Gasteiger partial charge in [0.2, 0.25) is 11.9 Å². The Balaban J connectivity index is 1.51. The molecule has 2 N–H and O–H groups in total. The highest BCUT2D eigenvalue weighted by molar-refractivity contribution is 5.94. The fourth-order valence-corrected chi connectivity index (χ4v) is 3.26. The molecule has 2 aromatic heterocycles. The van der Waals surface area contributed by atoms with Crippen molar-refractivity contribution in [2.24, 2.45) is 0 Å². The second-order valence-electron chi connectivity index (χ2n) is 7.45. The zero-order chi connectivity index (χ0) is 23.3. The summed E-state index contributed by atoms with van der Waals surface area (Å²) in [4.78, 5) is 42.5.